The standard InChI is InChI=1S/C25H26N4O3/c1-28-25(31)19-6-4-3-5-18(19)23(27-28)14-24(30)29-11-9-16(10-12-29)21-15-26-22-8-7-17(32-2)13-20(21)22/h3-8,13,15-16,26H,9-12,14H2,1-2H3. The van der Waals surface area contributed by atoms with E-state index in [2.05, 4.69) is 22.3 Å². The molecule has 2 aromatic heterocycles. The molecule has 1 N–H and O–H groups in total. The number of H-pyrrole nitrogens is 1. The van der Waals surface area contributed by atoms with Crippen LogP contribution in [0.2, 0.25) is 0 Å². The number of carbonyl (C=O) groups excluding carboxylic acids is 1. The summed E-state index contributed by atoms with van der Waals surface area (Å²) < 4.78 is 6.71. The van der Waals surface area contributed by atoms with E-state index in [-0.39, 0.29) is 17.9 Å². The quantitative estimate of drug-likeness (QED) is 0.538. The maximum atomic E-state index is 13.1. The second kappa shape index (κ2) is 8.15. The number of rotatable bonds is 4. The Morgan fingerprint density at radius 1 is 1.12 bits per heavy atom. The number of nitrogens with zero attached hydrogens (tertiary/aromatic N) is 3. The number of hydrogen-bond donors (Lipinski definition) is 1. The molecule has 0 aliphatic carbocycles. The molecule has 4 aromatic rings. The minimum absolute atomic E-state index is 0.0559. The molecule has 7 heteroatoms. The van der Waals surface area contributed by atoms with Crippen LogP contribution in [0, 0.1) is 0 Å². The third-order valence-electron chi connectivity index (χ3n) is 6.56. The summed E-state index contributed by atoms with van der Waals surface area (Å²) in [5, 5.41) is 6.93. The summed E-state index contributed by atoms with van der Waals surface area (Å²) in [5.74, 6) is 1.31. The lowest BCUT2D eigenvalue weighted by atomic mass is 9.89. The molecule has 0 spiro atoms. The average Bonchev–Trinajstić information content (AvgIpc) is 3.25. The molecule has 1 aliphatic heterocycles. The first-order valence-corrected chi connectivity index (χ1v) is 10.9. The monoisotopic (exact) mass is 430 g/mol. The summed E-state index contributed by atoms with van der Waals surface area (Å²) in [7, 11) is 3.31. The number of carbonyl (C=O) groups is 1. The molecule has 0 unspecified atom stereocenters. The van der Waals surface area contributed by atoms with Gasteiger partial charge < -0.3 is 14.6 Å². The molecule has 164 valence electrons. The van der Waals surface area contributed by atoms with Crippen LogP contribution in [0.4, 0.5) is 0 Å². The van der Waals surface area contributed by atoms with Crippen LogP contribution in [0.25, 0.3) is 21.7 Å². The Morgan fingerprint density at radius 2 is 1.88 bits per heavy atom. The minimum Gasteiger partial charge on any atom is -0.497 e. The Labute approximate surface area is 185 Å². The summed E-state index contributed by atoms with van der Waals surface area (Å²) in [6, 6.07) is 13.4. The van der Waals surface area contributed by atoms with Gasteiger partial charge in [-0.25, -0.2) is 4.68 Å². The van der Waals surface area contributed by atoms with Crippen molar-refractivity contribution in [1.82, 2.24) is 19.7 Å². The lowest BCUT2D eigenvalue weighted by molar-refractivity contribution is -0.131. The van der Waals surface area contributed by atoms with Crippen molar-refractivity contribution in [1.29, 1.82) is 0 Å². The molecule has 1 amide bonds. The van der Waals surface area contributed by atoms with E-state index in [9.17, 15) is 9.59 Å². The van der Waals surface area contributed by atoms with Crippen molar-refractivity contribution in [3.8, 4) is 5.75 Å². The maximum absolute atomic E-state index is 13.1. The van der Waals surface area contributed by atoms with Gasteiger partial charge in [0.05, 0.1) is 24.6 Å². The van der Waals surface area contributed by atoms with E-state index in [1.54, 1.807) is 20.2 Å². The van der Waals surface area contributed by atoms with Crippen molar-refractivity contribution in [3.63, 3.8) is 0 Å². The first kappa shape index (κ1) is 20.3. The highest BCUT2D eigenvalue weighted by Crippen LogP contribution is 2.34. The topological polar surface area (TPSA) is 80.2 Å². The first-order chi connectivity index (χ1) is 15.5. The Morgan fingerprint density at radius 3 is 2.62 bits per heavy atom. The molecular formula is C25H26N4O3. The number of ether oxygens (including phenoxy) is 1. The fraction of sp³-hybridized carbons (Fsp3) is 0.320. The molecule has 1 fully saturated rings. The van der Waals surface area contributed by atoms with Crippen molar-refractivity contribution in [2.45, 2.75) is 25.2 Å². The molecule has 7 nitrogen and oxygen atoms in total. The van der Waals surface area contributed by atoms with E-state index >= 15 is 0 Å². The zero-order valence-electron chi connectivity index (χ0n) is 18.3. The van der Waals surface area contributed by atoms with Crippen molar-refractivity contribution >= 4 is 27.6 Å². The summed E-state index contributed by atoms with van der Waals surface area (Å²) in [4.78, 5) is 30.7. The second-order valence-corrected chi connectivity index (χ2v) is 8.41. The molecule has 2 aromatic carbocycles. The Hall–Kier alpha value is -3.61. The normalized spacial score (nSPS) is 14.9. The van der Waals surface area contributed by atoms with Gasteiger partial charge in [0.2, 0.25) is 5.91 Å². The van der Waals surface area contributed by atoms with Gasteiger partial charge in [-0.2, -0.15) is 5.10 Å². The van der Waals surface area contributed by atoms with E-state index in [1.807, 2.05) is 35.2 Å². The number of piperidine rings is 1. The van der Waals surface area contributed by atoms with Crippen molar-refractivity contribution in [2.75, 3.05) is 20.2 Å². The number of methoxy groups -OCH3 is 1. The highest BCUT2D eigenvalue weighted by molar-refractivity contribution is 5.88. The molecular weight excluding hydrogens is 404 g/mol. The van der Waals surface area contributed by atoms with Crippen LogP contribution in [-0.2, 0) is 18.3 Å². The van der Waals surface area contributed by atoms with Gasteiger partial charge in [0.15, 0.2) is 0 Å². The van der Waals surface area contributed by atoms with E-state index < -0.39 is 0 Å². The summed E-state index contributed by atoms with van der Waals surface area (Å²) in [6.07, 6.45) is 4.12. The first-order valence-electron chi connectivity index (χ1n) is 10.9. The molecule has 0 atom stereocenters. The third-order valence-corrected chi connectivity index (χ3v) is 6.56. The molecule has 0 radical (unpaired) electrons. The third kappa shape index (κ3) is 3.53. The Bertz CT molecular complexity index is 1360. The van der Waals surface area contributed by atoms with Gasteiger partial charge in [-0.3, -0.25) is 9.59 Å². The zero-order valence-corrected chi connectivity index (χ0v) is 18.3. The molecule has 1 aliphatic rings. The average molecular weight is 431 g/mol. The highest BCUT2D eigenvalue weighted by atomic mass is 16.5. The predicted molar refractivity (Wildman–Crippen MR) is 124 cm³/mol. The summed E-state index contributed by atoms with van der Waals surface area (Å²) in [5.41, 5.74) is 2.90. The zero-order chi connectivity index (χ0) is 22.2. The maximum Gasteiger partial charge on any atom is 0.274 e. The lowest BCUT2D eigenvalue weighted by Gasteiger charge is -2.32. The van der Waals surface area contributed by atoms with Crippen LogP contribution in [0.3, 0.4) is 0 Å². The Kier molecular flexibility index (Phi) is 5.17. The van der Waals surface area contributed by atoms with E-state index in [4.69, 9.17) is 4.74 Å². The molecule has 3 heterocycles. The molecule has 1 saturated heterocycles. The van der Waals surface area contributed by atoms with Crippen LogP contribution >= 0.6 is 0 Å². The van der Waals surface area contributed by atoms with Gasteiger partial charge in [-0.1, -0.05) is 18.2 Å². The largest absolute Gasteiger partial charge is 0.497 e. The number of aryl methyl sites for hydroxylation is 1. The number of hydrogen-bond acceptors (Lipinski definition) is 4. The van der Waals surface area contributed by atoms with Crippen molar-refractivity contribution < 1.29 is 9.53 Å². The van der Waals surface area contributed by atoms with Gasteiger partial charge in [-0.15, -0.1) is 0 Å². The minimum atomic E-state index is -0.145. The molecule has 0 bridgehead atoms. The number of likely N-dealkylation sites (tertiary alicyclic amines) is 1. The van der Waals surface area contributed by atoms with Crippen LogP contribution in [0.5, 0.6) is 5.75 Å². The number of aromatic amines is 1. The van der Waals surface area contributed by atoms with Crippen LogP contribution in [0.1, 0.15) is 30.0 Å². The number of fused-ring (bicyclic) bond motifs is 2. The fourth-order valence-electron chi connectivity index (χ4n) is 4.79. The number of benzene rings is 2. The summed E-state index contributed by atoms with van der Waals surface area (Å²) in [6.45, 7) is 1.42. The predicted octanol–water partition coefficient (Wildman–Crippen LogP) is 3.37. The molecule has 32 heavy (non-hydrogen) atoms. The number of nitrogens with one attached hydrogen (secondary N) is 1. The molecule has 5 rings (SSSR count). The van der Waals surface area contributed by atoms with Gasteiger partial charge in [0, 0.05) is 42.6 Å². The van der Waals surface area contributed by atoms with E-state index in [0.29, 0.717) is 30.1 Å². The summed E-state index contributed by atoms with van der Waals surface area (Å²) >= 11 is 0. The van der Waals surface area contributed by atoms with Gasteiger partial charge >= 0.3 is 0 Å². The Balaban J connectivity index is 1.31. The lowest BCUT2D eigenvalue weighted by Crippen LogP contribution is -2.39. The van der Waals surface area contributed by atoms with Crippen LogP contribution < -0.4 is 10.3 Å². The van der Waals surface area contributed by atoms with Gasteiger partial charge in [0.1, 0.15) is 5.75 Å². The molecule has 0 saturated carbocycles. The van der Waals surface area contributed by atoms with Gasteiger partial charge in [0.25, 0.3) is 5.56 Å². The van der Waals surface area contributed by atoms with Crippen molar-refractivity contribution in [3.05, 3.63) is 70.3 Å². The number of amides is 1. The van der Waals surface area contributed by atoms with Crippen LogP contribution in [0.15, 0.2) is 53.5 Å². The SMILES string of the molecule is COc1ccc2[nH]cc(C3CCN(C(=O)Cc4nn(C)c(=O)c5ccccc45)CC3)c2c1. The van der Waals surface area contributed by atoms with E-state index in [1.165, 1.54) is 15.6 Å². The fourth-order valence-corrected chi connectivity index (χ4v) is 4.79. The van der Waals surface area contributed by atoms with Crippen LogP contribution in [-0.4, -0.2) is 45.8 Å². The van der Waals surface area contributed by atoms with Crippen molar-refractivity contribution in [2.24, 2.45) is 7.05 Å². The second-order valence-electron chi connectivity index (χ2n) is 8.41. The van der Waals surface area contributed by atoms with E-state index in [0.717, 1.165) is 29.5 Å². The van der Waals surface area contributed by atoms with Gasteiger partial charge in [-0.05, 0) is 48.6 Å². The number of aromatic nitrogens is 3. The smallest absolute Gasteiger partial charge is 0.274 e. The highest BCUT2D eigenvalue weighted by Gasteiger charge is 2.26.